The van der Waals surface area contributed by atoms with Crippen LogP contribution in [0.5, 0.6) is 0 Å². The summed E-state index contributed by atoms with van der Waals surface area (Å²) < 4.78 is 5.87. The third kappa shape index (κ3) is 3.94. The van der Waals surface area contributed by atoms with Gasteiger partial charge in [0.25, 0.3) is 0 Å². The Morgan fingerprint density at radius 1 is 1.12 bits per heavy atom. The first-order chi connectivity index (χ1) is 7.84. The number of hydrogen-bond acceptors (Lipinski definition) is 3. The lowest BCUT2D eigenvalue weighted by atomic mass is 9.70. The molecule has 0 N–H and O–H groups in total. The summed E-state index contributed by atoms with van der Waals surface area (Å²) >= 11 is 0. The minimum atomic E-state index is 0.319. The van der Waals surface area contributed by atoms with Crippen LogP contribution in [0.25, 0.3) is 0 Å². The van der Waals surface area contributed by atoms with Crippen molar-refractivity contribution in [3.8, 4) is 0 Å². The number of rotatable bonds is 5. The van der Waals surface area contributed by atoms with Crippen molar-refractivity contribution in [1.82, 2.24) is 10.0 Å². The lowest BCUT2D eigenvalue weighted by Gasteiger charge is -2.47. The molecule has 102 valence electrons. The van der Waals surface area contributed by atoms with Crippen LogP contribution in [0, 0.1) is 10.8 Å². The maximum absolute atomic E-state index is 5.87. The zero-order valence-corrected chi connectivity index (χ0v) is 12.5. The average molecular weight is 242 g/mol. The summed E-state index contributed by atoms with van der Waals surface area (Å²) in [6.45, 7) is 13.2. The first-order valence-electron chi connectivity index (χ1n) is 6.84. The van der Waals surface area contributed by atoms with Gasteiger partial charge in [0.05, 0.1) is 13.2 Å². The van der Waals surface area contributed by atoms with Gasteiger partial charge in [-0.15, -0.1) is 0 Å². The van der Waals surface area contributed by atoms with Crippen LogP contribution >= 0.6 is 0 Å². The molecule has 1 fully saturated rings. The molecule has 0 aromatic heterocycles. The highest BCUT2D eigenvalue weighted by atomic mass is 16.5. The molecule has 3 nitrogen and oxygen atoms in total. The van der Waals surface area contributed by atoms with Crippen LogP contribution in [0.2, 0.25) is 0 Å². The third-order valence-electron chi connectivity index (χ3n) is 3.95. The topological polar surface area (TPSA) is 15.7 Å². The highest BCUT2D eigenvalue weighted by molar-refractivity contribution is 4.90. The van der Waals surface area contributed by atoms with E-state index >= 15 is 0 Å². The Kier molecular flexibility index (Phi) is 4.99. The van der Waals surface area contributed by atoms with Gasteiger partial charge in [-0.05, 0) is 18.3 Å². The van der Waals surface area contributed by atoms with Gasteiger partial charge in [-0.3, -0.25) is 0 Å². The Bertz CT molecular complexity index is 240. The Balaban J connectivity index is 2.74. The largest absolute Gasteiger partial charge is 0.380 e. The summed E-state index contributed by atoms with van der Waals surface area (Å²) in [4.78, 5) is 0. The van der Waals surface area contributed by atoms with E-state index in [1.165, 1.54) is 12.8 Å². The summed E-state index contributed by atoms with van der Waals surface area (Å²) in [5.74, 6) is 0. The van der Waals surface area contributed by atoms with Crippen LogP contribution in [0.4, 0.5) is 0 Å². The zero-order valence-electron chi connectivity index (χ0n) is 12.5. The van der Waals surface area contributed by atoms with Crippen LogP contribution in [0.1, 0.15) is 40.5 Å². The standard InChI is InChI=1S/C14H30N2O/c1-7-14(10-16(8-2)15(5)6)9-13(3,4)11-17-12-14/h7-12H2,1-6H3. The van der Waals surface area contributed by atoms with E-state index in [2.05, 4.69) is 51.8 Å². The summed E-state index contributed by atoms with van der Waals surface area (Å²) in [6.07, 6.45) is 2.46. The molecule has 0 aromatic rings. The molecule has 0 spiro atoms. The maximum atomic E-state index is 5.87. The highest BCUT2D eigenvalue weighted by Crippen LogP contribution is 2.41. The Labute approximate surface area is 107 Å². The molecule has 1 rings (SSSR count). The minimum Gasteiger partial charge on any atom is -0.380 e. The second-order valence-electron chi connectivity index (χ2n) is 6.52. The minimum absolute atomic E-state index is 0.319. The predicted octanol–water partition coefficient (Wildman–Crippen LogP) is 2.63. The van der Waals surface area contributed by atoms with Crippen LogP contribution < -0.4 is 0 Å². The number of ether oxygens (including phenoxy) is 1. The molecule has 0 bridgehead atoms. The van der Waals surface area contributed by atoms with Crippen molar-refractivity contribution in [3.63, 3.8) is 0 Å². The van der Waals surface area contributed by atoms with E-state index in [0.717, 1.165) is 26.3 Å². The molecule has 17 heavy (non-hydrogen) atoms. The normalized spacial score (nSPS) is 28.9. The molecule has 0 aliphatic carbocycles. The average Bonchev–Trinajstić information content (AvgIpc) is 2.24. The Hall–Kier alpha value is -0.120. The first-order valence-corrected chi connectivity index (χ1v) is 6.84. The van der Waals surface area contributed by atoms with E-state index in [1.807, 2.05) is 0 Å². The molecule has 1 saturated heterocycles. The molecule has 1 aliphatic rings. The van der Waals surface area contributed by atoms with E-state index in [9.17, 15) is 0 Å². The molecule has 1 atom stereocenters. The second-order valence-corrected chi connectivity index (χ2v) is 6.52. The molecule has 0 saturated carbocycles. The molecule has 3 heteroatoms. The molecule has 0 radical (unpaired) electrons. The summed E-state index contributed by atoms with van der Waals surface area (Å²) in [5, 5.41) is 4.62. The van der Waals surface area contributed by atoms with Gasteiger partial charge in [0.1, 0.15) is 0 Å². The van der Waals surface area contributed by atoms with Crippen molar-refractivity contribution in [2.75, 3.05) is 40.4 Å². The van der Waals surface area contributed by atoms with Crippen LogP contribution in [0.3, 0.4) is 0 Å². The third-order valence-corrected chi connectivity index (χ3v) is 3.95. The summed E-state index contributed by atoms with van der Waals surface area (Å²) in [5.41, 5.74) is 0.641. The number of nitrogens with zero attached hydrogens (tertiary/aromatic N) is 2. The van der Waals surface area contributed by atoms with Gasteiger partial charge in [0.15, 0.2) is 0 Å². The number of hydrazine groups is 1. The quantitative estimate of drug-likeness (QED) is 0.689. The van der Waals surface area contributed by atoms with Crippen molar-refractivity contribution >= 4 is 0 Å². The Morgan fingerprint density at radius 3 is 2.18 bits per heavy atom. The van der Waals surface area contributed by atoms with Crippen molar-refractivity contribution in [2.24, 2.45) is 10.8 Å². The predicted molar refractivity (Wildman–Crippen MR) is 72.9 cm³/mol. The van der Waals surface area contributed by atoms with E-state index in [1.54, 1.807) is 0 Å². The smallest absolute Gasteiger partial charge is 0.0535 e. The summed E-state index contributed by atoms with van der Waals surface area (Å²) in [6, 6.07) is 0. The fraction of sp³-hybridized carbons (Fsp3) is 1.00. The molecule has 1 heterocycles. The van der Waals surface area contributed by atoms with E-state index < -0.39 is 0 Å². The molecule has 1 aliphatic heterocycles. The highest BCUT2D eigenvalue weighted by Gasteiger charge is 2.40. The Morgan fingerprint density at radius 2 is 1.76 bits per heavy atom. The fourth-order valence-corrected chi connectivity index (χ4v) is 3.02. The van der Waals surface area contributed by atoms with Gasteiger partial charge in [-0.25, -0.2) is 10.0 Å². The van der Waals surface area contributed by atoms with E-state index in [4.69, 9.17) is 4.74 Å². The van der Waals surface area contributed by atoms with Crippen LogP contribution in [-0.4, -0.2) is 50.4 Å². The van der Waals surface area contributed by atoms with Gasteiger partial charge in [-0.2, -0.15) is 0 Å². The van der Waals surface area contributed by atoms with Crippen molar-refractivity contribution in [1.29, 1.82) is 0 Å². The molecular weight excluding hydrogens is 212 g/mol. The lowest BCUT2D eigenvalue weighted by molar-refractivity contribution is -0.114. The van der Waals surface area contributed by atoms with Crippen LogP contribution in [-0.2, 0) is 4.74 Å². The van der Waals surface area contributed by atoms with Gasteiger partial charge in [0, 0.05) is 32.6 Å². The molecule has 0 aromatic carbocycles. The maximum Gasteiger partial charge on any atom is 0.0535 e. The van der Waals surface area contributed by atoms with Crippen molar-refractivity contribution in [3.05, 3.63) is 0 Å². The number of hydrogen-bond donors (Lipinski definition) is 0. The fourth-order valence-electron chi connectivity index (χ4n) is 3.02. The van der Waals surface area contributed by atoms with E-state index in [-0.39, 0.29) is 0 Å². The zero-order chi connectivity index (χ0) is 13.1. The van der Waals surface area contributed by atoms with Gasteiger partial charge in [-0.1, -0.05) is 27.7 Å². The van der Waals surface area contributed by atoms with Gasteiger partial charge >= 0.3 is 0 Å². The van der Waals surface area contributed by atoms with Crippen LogP contribution in [0.15, 0.2) is 0 Å². The monoisotopic (exact) mass is 242 g/mol. The second kappa shape index (κ2) is 5.68. The molecule has 0 amide bonds. The lowest BCUT2D eigenvalue weighted by Crippen LogP contribution is -2.50. The first kappa shape index (κ1) is 14.9. The van der Waals surface area contributed by atoms with E-state index in [0.29, 0.717) is 10.8 Å². The molecular formula is C14H30N2O. The summed E-state index contributed by atoms with van der Waals surface area (Å²) in [7, 11) is 4.25. The van der Waals surface area contributed by atoms with Gasteiger partial charge in [0.2, 0.25) is 0 Å². The molecule has 1 unspecified atom stereocenters. The SMILES string of the molecule is CCN(CC1(CC)COCC(C)(C)C1)N(C)C. The van der Waals surface area contributed by atoms with Crippen molar-refractivity contribution < 1.29 is 4.74 Å². The van der Waals surface area contributed by atoms with Crippen molar-refractivity contribution in [2.45, 2.75) is 40.5 Å². The van der Waals surface area contributed by atoms with Gasteiger partial charge < -0.3 is 4.74 Å².